The van der Waals surface area contributed by atoms with E-state index in [2.05, 4.69) is 21.9 Å². The van der Waals surface area contributed by atoms with Crippen molar-refractivity contribution in [1.29, 1.82) is 0 Å². The summed E-state index contributed by atoms with van der Waals surface area (Å²) < 4.78 is 0. The predicted octanol–water partition coefficient (Wildman–Crippen LogP) is 7.27. The van der Waals surface area contributed by atoms with Crippen LogP contribution in [0.2, 0.25) is 5.02 Å². The maximum Gasteiger partial charge on any atom is 0.128 e. The highest BCUT2D eigenvalue weighted by atomic mass is 35.5. The van der Waals surface area contributed by atoms with E-state index in [9.17, 15) is 0 Å². The minimum absolute atomic E-state index is 0.0399. The van der Waals surface area contributed by atoms with Gasteiger partial charge in [-0.1, -0.05) is 55.2 Å². The van der Waals surface area contributed by atoms with Gasteiger partial charge in [-0.2, -0.15) is 0 Å². The monoisotopic (exact) mass is 495 g/mol. The summed E-state index contributed by atoms with van der Waals surface area (Å²) in [6.07, 6.45) is 17.2. The van der Waals surface area contributed by atoms with Crippen LogP contribution in [0, 0.1) is 23.2 Å². The summed E-state index contributed by atoms with van der Waals surface area (Å²) in [5.41, 5.74) is 1.24. The number of hydrogen-bond acceptors (Lipinski definition) is 3. The number of halogens is 1. The molecular weight excluding hydrogens is 458 g/mol. The molecular formula is C29H38ClN3S. The number of rotatable bonds is 3. The largest absolute Gasteiger partial charge is 0.293 e. The second-order valence-corrected chi connectivity index (χ2v) is 13.4. The Labute approximate surface area is 215 Å². The Morgan fingerprint density at radius 1 is 0.853 bits per heavy atom. The van der Waals surface area contributed by atoms with Crippen LogP contribution in [0.1, 0.15) is 83.5 Å². The Hall–Kier alpha value is -0.970. The van der Waals surface area contributed by atoms with Crippen LogP contribution in [0.25, 0.3) is 0 Å². The molecule has 7 fully saturated rings. The van der Waals surface area contributed by atoms with Gasteiger partial charge in [0.2, 0.25) is 0 Å². The highest BCUT2D eigenvalue weighted by Crippen LogP contribution is 2.58. The van der Waals surface area contributed by atoms with Gasteiger partial charge >= 0.3 is 0 Å². The SMILES string of the molecule is S=C1N(c2ccccc2Cl)C(=NC23CC4CC(CC(C4)C2)C3)[C@H](N2CCCC2)C12CCCCC2. The maximum atomic E-state index is 6.88. The van der Waals surface area contributed by atoms with Crippen molar-refractivity contribution in [3.8, 4) is 0 Å². The average Bonchev–Trinajstić information content (AvgIpc) is 3.40. The van der Waals surface area contributed by atoms with Gasteiger partial charge < -0.3 is 0 Å². The summed E-state index contributed by atoms with van der Waals surface area (Å²) in [6.45, 7) is 2.37. The molecule has 3 nitrogen and oxygen atoms in total. The molecule has 0 aromatic heterocycles. The van der Waals surface area contributed by atoms with E-state index in [1.54, 1.807) is 0 Å². The van der Waals surface area contributed by atoms with Crippen LogP contribution in [0.3, 0.4) is 0 Å². The van der Waals surface area contributed by atoms with Gasteiger partial charge in [-0.3, -0.25) is 14.8 Å². The molecule has 1 spiro atoms. The molecule has 182 valence electrons. The Morgan fingerprint density at radius 2 is 1.47 bits per heavy atom. The van der Waals surface area contributed by atoms with Crippen LogP contribution < -0.4 is 4.90 Å². The van der Waals surface area contributed by atoms with E-state index in [1.807, 2.05) is 12.1 Å². The number of benzene rings is 1. The van der Waals surface area contributed by atoms with Crippen molar-refractivity contribution in [3.63, 3.8) is 0 Å². The van der Waals surface area contributed by atoms with Crippen molar-refractivity contribution in [2.45, 2.75) is 95.1 Å². The van der Waals surface area contributed by atoms with Gasteiger partial charge in [0.15, 0.2) is 0 Å². The molecule has 5 saturated carbocycles. The molecule has 1 aromatic rings. The summed E-state index contributed by atoms with van der Waals surface area (Å²) in [6, 6.07) is 8.68. The van der Waals surface area contributed by atoms with Gasteiger partial charge in [0.05, 0.1) is 27.3 Å². The van der Waals surface area contributed by atoms with Crippen LogP contribution >= 0.6 is 23.8 Å². The molecule has 2 saturated heterocycles. The minimum Gasteiger partial charge on any atom is -0.293 e. The normalized spacial score (nSPS) is 40.2. The summed E-state index contributed by atoms with van der Waals surface area (Å²) in [4.78, 5) is 12.2. The number of aliphatic imine (C=N–C) groups is 1. The van der Waals surface area contributed by atoms with E-state index in [0.717, 1.165) is 33.5 Å². The highest BCUT2D eigenvalue weighted by molar-refractivity contribution is 7.80. The number of likely N-dealkylation sites (tertiary alicyclic amines) is 1. The van der Waals surface area contributed by atoms with Crippen molar-refractivity contribution in [2.24, 2.45) is 28.2 Å². The Morgan fingerprint density at radius 3 is 2.09 bits per heavy atom. The van der Waals surface area contributed by atoms with E-state index in [1.165, 1.54) is 102 Å². The fourth-order valence-corrected chi connectivity index (χ4v) is 10.1. The Bertz CT molecular complexity index is 971. The second-order valence-electron chi connectivity index (χ2n) is 12.6. The van der Waals surface area contributed by atoms with Gasteiger partial charge in [-0.05, 0) is 107 Å². The van der Waals surface area contributed by atoms with Crippen molar-refractivity contribution in [3.05, 3.63) is 29.3 Å². The molecule has 5 aliphatic carbocycles. The third kappa shape index (κ3) is 3.38. The van der Waals surface area contributed by atoms with Crippen LogP contribution in [0.5, 0.6) is 0 Å². The first-order chi connectivity index (χ1) is 16.6. The maximum absolute atomic E-state index is 6.88. The Balaban J connectivity index is 1.40. The molecule has 5 heteroatoms. The zero-order valence-electron chi connectivity index (χ0n) is 20.4. The molecule has 0 N–H and O–H groups in total. The van der Waals surface area contributed by atoms with E-state index < -0.39 is 0 Å². The number of para-hydroxylation sites is 1. The molecule has 2 aliphatic heterocycles. The smallest absolute Gasteiger partial charge is 0.128 e. The number of hydrogen-bond donors (Lipinski definition) is 0. The molecule has 0 unspecified atom stereocenters. The third-order valence-electron chi connectivity index (χ3n) is 10.3. The molecule has 34 heavy (non-hydrogen) atoms. The zero-order chi connectivity index (χ0) is 22.9. The molecule has 0 radical (unpaired) electrons. The molecule has 4 bridgehead atoms. The third-order valence-corrected chi connectivity index (χ3v) is 11.2. The number of nitrogens with zero attached hydrogens (tertiary/aromatic N) is 3. The fraction of sp³-hybridized carbons (Fsp3) is 0.724. The van der Waals surface area contributed by atoms with E-state index in [-0.39, 0.29) is 11.0 Å². The summed E-state index contributed by atoms with van der Waals surface area (Å²) in [5, 5.41) is 0.802. The number of amidine groups is 1. The lowest BCUT2D eigenvalue weighted by Gasteiger charge is -2.55. The van der Waals surface area contributed by atoms with Gasteiger partial charge in [-0.25, -0.2) is 0 Å². The lowest BCUT2D eigenvalue weighted by atomic mass is 9.53. The quantitative estimate of drug-likeness (QED) is 0.411. The molecule has 2 heterocycles. The van der Waals surface area contributed by atoms with Crippen LogP contribution in [0.4, 0.5) is 5.69 Å². The second kappa shape index (κ2) is 8.28. The van der Waals surface area contributed by atoms with Crippen molar-refractivity contribution >= 4 is 40.3 Å². The standard InChI is InChI=1S/C29H38ClN3S/c30-23-8-2-3-9-24(23)33-26(31-28-17-20-14-21(18-28)16-22(15-20)19-28)25(32-12-6-7-13-32)29(27(33)34)10-4-1-5-11-29/h2-3,8-9,20-22,25H,1,4-7,10-19H2/t20?,21?,22?,25-,28?/m0/s1. The molecule has 1 aromatic carbocycles. The summed E-state index contributed by atoms with van der Waals surface area (Å²) in [5.74, 6) is 3.95. The predicted molar refractivity (Wildman–Crippen MR) is 145 cm³/mol. The summed E-state index contributed by atoms with van der Waals surface area (Å²) in [7, 11) is 0. The first-order valence-corrected chi connectivity index (χ1v) is 14.8. The van der Waals surface area contributed by atoms with Crippen molar-refractivity contribution in [2.75, 3.05) is 18.0 Å². The van der Waals surface area contributed by atoms with E-state index in [4.69, 9.17) is 28.8 Å². The van der Waals surface area contributed by atoms with Crippen molar-refractivity contribution < 1.29 is 0 Å². The first-order valence-electron chi connectivity index (χ1n) is 14.0. The average molecular weight is 496 g/mol. The summed E-state index contributed by atoms with van der Waals surface area (Å²) >= 11 is 13.3. The lowest BCUT2D eigenvalue weighted by Crippen LogP contribution is -2.53. The molecule has 1 atom stereocenters. The Kier molecular flexibility index (Phi) is 5.42. The van der Waals surface area contributed by atoms with Crippen molar-refractivity contribution in [1.82, 2.24) is 4.90 Å². The molecule has 0 amide bonds. The van der Waals surface area contributed by atoms with E-state index >= 15 is 0 Å². The zero-order valence-corrected chi connectivity index (χ0v) is 21.9. The van der Waals surface area contributed by atoms with Crippen LogP contribution in [-0.4, -0.2) is 40.4 Å². The minimum atomic E-state index is 0.0399. The van der Waals surface area contributed by atoms with E-state index in [0.29, 0.717) is 6.04 Å². The van der Waals surface area contributed by atoms with Gasteiger partial charge in [-0.15, -0.1) is 0 Å². The molecule has 8 rings (SSSR count). The molecule has 7 aliphatic rings. The first kappa shape index (κ1) is 22.2. The number of anilines is 1. The van der Waals surface area contributed by atoms with Crippen LogP contribution in [-0.2, 0) is 0 Å². The highest BCUT2D eigenvalue weighted by Gasteiger charge is 2.59. The fourth-order valence-electron chi connectivity index (χ4n) is 9.42. The number of thiocarbonyl (C=S) groups is 1. The topological polar surface area (TPSA) is 18.8 Å². The van der Waals surface area contributed by atoms with Gasteiger partial charge in [0.25, 0.3) is 0 Å². The lowest BCUT2D eigenvalue weighted by molar-refractivity contribution is 0.00113. The van der Waals surface area contributed by atoms with Crippen LogP contribution in [0.15, 0.2) is 29.3 Å². The van der Waals surface area contributed by atoms with Gasteiger partial charge in [0, 0.05) is 5.41 Å². The van der Waals surface area contributed by atoms with Gasteiger partial charge in [0.1, 0.15) is 5.84 Å².